The van der Waals surface area contributed by atoms with Crippen LogP contribution in [0, 0.1) is 5.92 Å². The first-order chi connectivity index (χ1) is 8.82. The average Bonchev–Trinajstić information content (AvgIpc) is 3.12. The van der Waals surface area contributed by atoms with Gasteiger partial charge in [0, 0.05) is 0 Å². The van der Waals surface area contributed by atoms with Crippen molar-refractivity contribution in [2.24, 2.45) is 5.92 Å². The maximum Gasteiger partial charge on any atom is 0.306 e. The second-order valence-corrected chi connectivity index (χ2v) is 7.56. The van der Waals surface area contributed by atoms with Crippen LogP contribution in [0.15, 0.2) is 23.1 Å². The van der Waals surface area contributed by atoms with Crippen LogP contribution in [0.2, 0.25) is 5.02 Å². The number of aliphatic carboxylic acids is 1. The summed E-state index contributed by atoms with van der Waals surface area (Å²) in [5.41, 5.74) is 0.731. The SMILES string of the molecule is CC(Cc1ccc(S(=O)(=O)C2CC2)c(Cl)c1)C(=O)O. The molecule has 2 rings (SSSR count). The van der Waals surface area contributed by atoms with Crippen molar-refractivity contribution in [2.45, 2.75) is 36.3 Å². The standard InChI is InChI=1S/C13H15ClO4S/c1-8(13(15)16)6-9-2-5-12(11(14)7-9)19(17,18)10-3-4-10/h2,5,7-8,10H,3-4,6H2,1H3,(H,15,16). The number of halogens is 1. The van der Waals surface area contributed by atoms with E-state index < -0.39 is 21.7 Å². The summed E-state index contributed by atoms with van der Waals surface area (Å²) in [7, 11) is -3.31. The zero-order chi connectivity index (χ0) is 14.2. The lowest BCUT2D eigenvalue weighted by molar-refractivity contribution is -0.141. The Bertz CT molecular complexity index is 605. The molecular weight excluding hydrogens is 288 g/mol. The molecule has 1 N–H and O–H groups in total. The average molecular weight is 303 g/mol. The number of hydrogen-bond donors (Lipinski definition) is 1. The van der Waals surface area contributed by atoms with Gasteiger partial charge in [0.1, 0.15) is 0 Å². The highest BCUT2D eigenvalue weighted by atomic mass is 35.5. The molecular formula is C13H15ClO4S. The Morgan fingerprint density at radius 1 is 1.47 bits per heavy atom. The molecule has 0 aromatic heterocycles. The Balaban J connectivity index is 2.25. The van der Waals surface area contributed by atoms with Crippen molar-refractivity contribution in [2.75, 3.05) is 0 Å². The molecule has 0 amide bonds. The smallest absolute Gasteiger partial charge is 0.306 e. The molecule has 0 spiro atoms. The molecule has 1 aliphatic carbocycles. The third-order valence-corrected chi connectivity index (χ3v) is 5.97. The van der Waals surface area contributed by atoms with E-state index in [2.05, 4.69) is 0 Å². The lowest BCUT2D eigenvalue weighted by atomic mass is 10.0. The summed E-state index contributed by atoms with van der Waals surface area (Å²) in [6.07, 6.45) is 1.71. The zero-order valence-electron chi connectivity index (χ0n) is 10.5. The molecule has 1 aromatic rings. The Morgan fingerprint density at radius 3 is 2.58 bits per heavy atom. The van der Waals surface area contributed by atoms with E-state index in [1.54, 1.807) is 19.1 Å². The highest BCUT2D eigenvalue weighted by Crippen LogP contribution is 2.36. The van der Waals surface area contributed by atoms with Crippen molar-refractivity contribution in [1.82, 2.24) is 0 Å². The number of rotatable bonds is 5. The summed E-state index contributed by atoms with van der Waals surface area (Å²) in [6, 6.07) is 4.68. The normalized spacial score (nSPS) is 17.2. The van der Waals surface area contributed by atoms with E-state index in [1.807, 2.05) is 0 Å². The van der Waals surface area contributed by atoms with E-state index in [1.165, 1.54) is 6.07 Å². The van der Waals surface area contributed by atoms with Gasteiger partial charge in [0.15, 0.2) is 9.84 Å². The van der Waals surface area contributed by atoms with Gasteiger partial charge in [-0.05, 0) is 37.0 Å². The monoisotopic (exact) mass is 302 g/mol. The Labute approximate surface area is 117 Å². The topological polar surface area (TPSA) is 71.4 Å². The van der Waals surface area contributed by atoms with Gasteiger partial charge in [0.2, 0.25) is 0 Å². The number of carbonyl (C=O) groups is 1. The van der Waals surface area contributed by atoms with E-state index in [4.69, 9.17) is 16.7 Å². The van der Waals surface area contributed by atoms with Crippen LogP contribution < -0.4 is 0 Å². The summed E-state index contributed by atoms with van der Waals surface area (Å²) in [5.74, 6) is -1.41. The maximum atomic E-state index is 12.1. The molecule has 19 heavy (non-hydrogen) atoms. The fourth-order valence-corrected chi connectivity index (χ4v) is 4.13. The van der Waals surface area contributed by atoms with Crippen LogP contribution in [0.1, 0.15) is 25.3 Å². The van der Waals surface area contributed by atoms with Gasteiger partial charge in [-0.2, -0.15) is 0 Å². The molecule has 1 aliphatic rings. The van der Waals surface area contributed by atoms with E-state index in [0.29, 0.717) is 19.3 Å². The van der Waals surface area contributed by atoms with Gasteiger partial charge in [0.05, 0.1) is 21.1 Å². The van der Waals surface area contributed by atoms with Crippen LogP contribution in [0.4, 0.5) is 0 Å². The predicted octanol–water partition coefficient (Wildman–Crippen LogP) is 2.54. The molecule has 6 heteroatoms. The molecule has 104 valence electrons. The van der Waals surface area contributed by atoms with Crippen molar-refractivity contribution in [3.8, 4) is 0 Å². The zero-order valence-corrected chi connectivity index (χ0v) is 12.0. The number of carboxylic acids is 1. The first-order valence-electron chi connectivity index (χ1n) is 6.07. The minimum Gasteiger partial charge on any atom is -0.481 e. The Hall–Kier alpha value is -1.07. The number of benzene rings is 1. The summed E-state index contributed by atoms with van der Waals surface area (Å²) in [6.45, 7) is 1.60. The van der Waals surface area contributed by atoms with Crippen LogP contribution in [0.5, 0.6) is 0 Å². The molecule has 1 unspecified atom stereocenters. The summed E-state index contributed by atoms with van der Waals surface area (Å²) in [4.78, 5) is 10.9. The number of hydrogen-bond acceptors (Lipinski definition) is 3. The largest absolute Gasteiger partial charge is 0.481 e. The first kappa shape index (κ1) is 14.3. The molecule has 1 saturated carbocycles. The van der Waals surface area contributed by atoms with Gasteiger partial charge in [0.25, 0.3) is 0 Å². The van der Waals surface area contributed by atoms with Crippen LogP contribution >= 0.6 is 11.6 Å². The van der Waals surface area contributed by atoms with Crippen molar-refractivity contribution in [1.29, 1.82) is 0 Å². The lowest BCUT2D eigenvalue weighted by Crippen LogP contribution is -2.13. The minimum absolute atomic E-state index is 0.156. The van der Waals surface area contributed by atoms with Crippen molar-refractivity contribution >= 4 is 27.4 Å². The van der Waals surface area contributed by atoms with Gasteiger partial charge < -0.3 is 5.11 Å². The van der Waals surface area contributed by atoms with Gasteiger partial charge in [-0.1, -0.05) is 24.6 Å². The molecule has 0 radical (unpaired) electrons. The van der Waals surface area contributed by atoms with Crippen molar-refractivity contribution < 1.29 is 18.3 Å². The van der Waals surface area contributed by atoms with Crippen LogP contribution in [0.25, 0.3) is 0 Å². The van der Waals surface area contributed by atoms with Crippen molar-refractivity contribution in [3.63, 3.8) is 0 Å². The van der Waals surface area contributed by atoms with Crippen LogP contribution in [-0.4, -0.2) is 24.7 Å². The van der Waals surface area contributed by atoms with E-state index >= 15 is 0 Å². The third-order valence-electron chi connectivity index (χ3n) is 3.23. The van der Waals surface area contributed by atoms with Gasteiger partial charge >= 0.3 is 5.97 Å². The molecule has 4 nitrogen and oxygen atoms in total. The minimum atomic E-state index is -3.31. The Kier molecular flexibility index (Phi) is 3.87. The van der Waals surface area contributed by atoms with Crippen LogP contribution in [0.3, 0.4) is 0 Å². The first-order valence-corrected chi connectivity index (χ1v) is 8.00. The van der Waals surface area contributed by atoms with E-state index in [0.717, 1.165) is 5.56 Å². The highest BCUT2D eigenvalue weighted by Gasteiger charge is 2.38. The van der Waals surface area contributed by atoms with Gasteiger partial charge in [-0.15, -0.1) is 0 Å². The van der Waals surface area contributed by atoms with E-state index in [9.17, 15) is 13.2 Å². The molecule has 0 bridgehead atoms. The highest BCUT2D eigenvalue weighted by molar-refractivity contribution is 7.92. The Morgan fingerprint density at radius 2 is 2.11 bits per heavy atom. The lowest BCUT2D eigenvalue weighted by Gasteiger charge is -2.09. The second kappa shape index (κ2) is 5.13. The van der Waals surface area contributed by atoms with E-state index in [-0.39, 0.29) is 15.2 Å². The maximum absolute atomic E-state index is 12.1. The molecule has 1 fully saturated rings. The summed E-state index contributed by atoms with van der Waals surface area (Å²) < 4.78 is 24.2. The summed E-state index contributed by atoms with van der Waals surface area (Å²) in [5, 5.41) is 8.73. The number of carboxylic acid groups (broad SMARTS) is 1. The second-order valence-electron chi connectivity index (χ2n) is 4.95. The third kappa shape index (κ3) is 3.09. The fraction of sp³-hybridized carbons (Fsp3) is 0.462. The molecule has 0 saturated heterocycles. The number of sulfone groups is 1. The van der Waals surface area contributed by atoms with Crippen molar-refractivity contribution in [3.05, 3.63) is 28.8 Å². The molecule has 1 atom stereocenters. The molecule has 0 heterocycles. The van der Waals surface area contributed by atoms with Crippen LogP contribution in [-0.2, 0) is 21.1 Å². The molecule has 1 aromatic carbocycles. The van der Waals surface area contributed by atoms with Gasteiger partial charge in [-0.25, -0.2) is 8.42 Å². The fourth-order valence-electron chi connectivity index (χ4n) is 1.90. The van der Waals surface area contributed by atoms with Gasteiger partial charge in [-0.3, -0.25) is 4.79 Å². The quantitative estimate of drug-likeness (QED) is 0.907. The molecule has 0 aliphatic heterocycles. The summed E-state index contributed by atoms with van der Waals surface area (Å²) >= 11 is 6.02. The predicted molar refractivity (Wildman–Crippen MR) is 72.2 cm³/mol.